The zero-order valence-electron chi connectivity index (χ0n) is 15.3. The monoisotopic (exact) mass is 369 g/mol. The van der Waals surface area contributed by atoms with Gasteiger partial charge in [0.25, 0.3) is 0 Å². The molecule has 0 saturated heterocycles. The Hall–Kier alpha value is -3.86. The molecule has 5 heteroatoms. The van der Waals surface area contributed by atoms with E-state index in [9.17, 15) is 4.79 Å². The van der Waals surface area contributed by atoms with Crippen molar-refractivity contribution in [2.24, 2.45) is 0 Å². The number of hydrogen-bond acceptors (Lipinski definition) is 3. The Kier molecular flexibility index (Phi) is 4.89. The minimum absolute atomic E-state index is 0.295. The highest BCUT2D eigenvalue weighted by Crippen LogP contribution is 2.26. The molecule has 4 aromatic rings. The van der Waals surface area contributed by atoms with E-state index in [4.69, 9.17) is 4.42 Å². The number of aromatic nitrogens is 1. The van der Waals surface area contributed by atoms with Crippen LogP contribution in [0.25, 0.3) is 22.7 Å². The molecule has 0 aliphatic heterocycles. The first-order valence-corrected chi connectivity index (χ1v) is 8.93. The molecule has 0 unspecified atom stereocenters. The van der Waals surface area contributed by atoms with Gasteiger partial charge >= 0.3 is 6.03 Å². The van der Waals surface area contributed by atoms with Crippen LogP contribution in [0.3, 0.4) is 0 Å². The number of aryl methyl sites for hydroxylation is 1. The van der Waals surface area contributed by atoms with Gasteiger partial charge in [-0.2, -0.15) is 0 Å². The summed E-state index contributed by atoms with van der Waals surface area (Å²) in [4.78, 5) is 16.6. The largest absolute Gasteiger partial charge is 0.444 e. The third kappa shape index (κ3) is 4.10. The fraction of sp³-hybridized carbons (Fsp3) is 0.0435. The minimum atomic E-state index is -0.295. The Bertz CT molecular complexity index is 1070. The van der Waals surface area contributed by atoms with Crippen LogP contribution in [0.2, 0.25) is 0 Å². The number of para-hydroxylation sites is 1. The number of amides is 2. The van der Waals surface area contributed by atoms with Crippen molar-refractivity contribution in [1.82, 2.24) is 4.98 Å². The lowest BCUT2D eigenvalue weighted by molar-refractivity contribution is 0.262. The smallest absolute Gasteiger partial charge is 0.323 e. The van der Waals surface area contributed by atoms with Crippen LogP contribution >= 0.6 is 0 Å². The normalized spacial score (nSPS) is 10.5. The van der Waals surface area contributed by atoms with Crippen LogP contribution in [0, 0.1) is 6.92 Å². The van der Waals surface area contributed by atoms with Crippen LogP contribution < -0.4 is 10.6 Å². The molecule has 2 amide bonds. The molecule has 28 heavy (non-hydrogen) atoms. The van der Waals surface area contributed by atoms with E-state index in [1.807, 2.05) is 85.8 Å². The van der Waals surface area contributed by atoms with Crippen molar-refractivity contribution in [1.29, 1.82) is 0 Å². The second kappa shape index (κ2) is 7.80. The van der Waals surface area contributed by atoms with Crippen LogP contribution in [-0.2, 0) is 0 Å². The van der Waals surface area contributed by atoms with Crippen LogP contribution in [0.5, 0.6) is 0 Å². The molecule has 0 aliphatic rings. The summed E-state index contributed by atoms with van der Waals surface area (Å²) >= 11 is 0. The average Bonchev–Trinajstić information content (AvgIpc) is 3.20. The summed E-state index contributed by atoms with van der Waals surface area (Å²) in [6.45, 7) is 2.05. The summed E-state index contributed by atoms with van der Waals surface area (Å²) in [6.07, 6.45) is 1.65. The molecule has 0 bridgehead atoms. The van der Waals surface area contributed by atoms with Crippen molar-refractivity contribution in [3.8, 4) is 22.7 Å². The molecule has 5 nitrogen and oxygen atoms in total. The number of nitrogens with one attached hydrogen (secondary N) is 2. The molecule has 1 aromatic heterocycles. The molecule has 0 aliphatic carbocycles. The zero-order chi connectivity index (χ0) is 19.3. The summed E-state index contributed by atoms with van der Waals surface area (Å²) in [6, 6.07) is 24.5. The SMILES string of the molecule is Cc1ccc(-c2coc(-c3ccc(NC(=O)Nc4ccccc4)cc3)n2)cc1. The Morgan fingerprint density at radius 1 is 0.786 bits per heavy atom. The third-order valence-electron chi connectivity index (χ3n) is 4.27. The summed E-state index contributed by atoms with van der Waals surface area (Å²) in [5.41, 5.74) is 5.26. The van der Waals surface area contributed by atoms with E-state index in [0.29, 0.717) is 11.6 Å². The van der Waals surface area contributed by atoms with Gasteiger partial charge in [0, 0.05) is 22.5 Å². The summed E-state index contributed by atoms with van der Waals surface area (Å²) in [5, 5.41) is 5.59. The maximum atomic E-state index is 12.1. The molecule has 138 valence electrons. The van der Waals surface area contributed by atoms with Gasteiger partial charge in [0.15, 0.2) is 0 Å². The second-order valence-electron chi connectivity index (χ2n) is 6.43. The summed E-state index contributed by atoms with van der Waals surface area (Å²) < 4.78 is 5.62. The topological polar surface area (TPSA) is 67.2 Å². The van der Waals surface area contributed by atoms with Crippen molar-refractivity contribution < 1.29 is 9.21 Å². The predicted molar refractivity (Wildman–Crippen MR) is 111 cm³/mol. The van der Waals surface area contributed by atoms with Gasteiger partial charge in [0.05, 0.1) is 0 Å². The van der Waals surface area contributed by atoms with Gasteiger partial charge in [0.2, 0.25) is 5.89 Å². The molecule has 0 saturated carbocycles. The number of nitrogens with zero attached hydrogens (tertiary/aromatic N) is 1. The summed E-state index contributed by atoms with van der Waals surface area (Å²) in [7, 11) is 0. The van der Waals surface area contributed by atoms with Crippen molar-refractivity contribution >= 4 is 17.4 Å². The van der Waals surface area contributed by atoms with E-state index in [2.05, 4.69) is 15.6 Å². The maximum absolute atomic E-state index is 12.1. The molecule has 1 heterocycles. The first-order valence-electron chi connectivity index (χ1n) is 8.93. The molecule has 3 aromatic carbocycles. The highest BCUT2D eigenvalue weighted by Gasteiger charge is 2.09. The highest BCUT2D eigenvalue weighted by atomic mass is 16.3. The molecule has 0 radical (unpaired) electrons. The van der Waals surface area contributed by atoms with Crippen LogP contribution in [0.1, 0.15) is 5.56 Å². The van der Waals surface area contributed by atoms with E-state index in [1.54, 1.807) is 6.26 Å². The first-order chi connectivity index (χ1) is 13.7. The van der Waals surface area contributed by atoms with Crippen LogP contribution in [0.4, 0.5) is 16.2 Å². The van der Waals surface area contributed by atoms with Crippen LogP contribution in [0.15, 0.2) is 89.5 Å². The number of carbonyl (C=O) groups is 1. The van der Waals surface area contributed by atoms with Gasteiger partial charge in [-0.25, -0.2) is 9.78 Å². The van der Waals surface area contributed by atoms with Gasteiger partial charge in [-0.15, -0.1) is 0 Å². The lowest BCUT2D eigenvalue weighted by atomic mass is 10.1. The van der Waals surface area contributed by atoms with Crippen molar-refractivity contribution in [3.05, 3.63) is 90.7 Å². The number of hydrogen-bond donors (Lipinski definition) is 2. The molecule has 0 atom stereocenters. The van der Waals surface area contributed by atoms with Gasteiger partial charge in [-0.3, -0.25) is 0 Å². The Balaban J connectivity index is 1.43. The fourth-order valence-corrected chi connectivity index (χ4v) is 2.77. The Labute approximate surface area is 163 Å². The van der Waals surface area contributed by atoms with E-state index in [0.717, 1.165) is 22.5 Å². The van der Waals surface area contributed by atoms with E-state index in [1.165, 1.54) is 5.56 Å². The lowest BCUT2D eigenvalue weighted by Crippen LogP contribution is -2.19. The molecular formula is C23H19N3O2. The first kappa shape index (κ1) is 17.5. The number of oxazole rings is 1. The highest BCUT2D eigenvalue weighted by molar-refractivity contribution is 5.99. The number of urea groups is 1. The number of benzene rings is 3. The lowest BCUT2D eigenvalue weighted by Gasteiger charge is -2.07. The van der Waals surface area contributed by atoms with Crippen molar-refractivity contribution in [3.63, 3.8) is 0 Å². The molecule has 0 spiro atoms. The van der Waals surface area contributed by atoms with Crippen LogP contribution in [-0.4, -0.2) is 11.0 Å². The zero-order valence-corrected chi connectivity index (χ0v) is 15.3. The third-order valence-corrected chi connectivity index (χ3v) is 4.27. The Morgan fingerprint density at radius 3 is 2.07 bits per heavy atom. The van der Waals surface area contributed by atoms with Crippen molar-refractivity contribution in [2.75, 3.05) is 10.6 Å². The molecule has 2 N–H and O–H groups in total. The summed E-state index contributed by atoms with van der Waals surface area (Å²) in [5.74, 6) is 0.538. The van der Waals surface area contributed by atoms with Crippen molar-refractivity contribution in [2.45, 2.75) is 6.92 Å². The average molecular weight is 369 g/mol. The van der Waals surface area contributed by atoms with Gasteiger partial charge in [-0.05, 0) is 43.3 Å². The number of rotatable bonds is 4. The minimum Gasteiger partial charge on any atom is -0.444 e. The Morgan fingerprint density at radius 2 is 1.39 bits per heavy atom. The molecule has 0 fully saturated rings. The fourth-order valence-electron chi connectivity index (χ4n) is 2.77. The number of anilines is 2. The predicted octanol–water partition coefficient (Wildman–Crippen LogP) is 5.96. The van der Waals surface area contributed by atoms with E-state index in [-0.39, 0.29) is 6.03 Å². The second-order valence-corrected chi connectivity index (χ2v) is 6.43. The molecular weight excluding hydrogens is 350 g/mol. The maximum Gasteiger partial charge on any atom is 0.323 e. The van der Waals surface area contributed by atoms with Gasteiger partial charge < -0.3 is 15.1 Å². The standard InChI is InChI=1S/C23H19N3O2/c1-16-7-9-17(10-8-16)21-15-28-22(26-21)18-11-13-20(14-12-18)25-23(27)24-19-5-3-2-4-6-19/h2-15H,1H3,(H2,24,25,27). The van der Waals surface area contributed by atoms with E-state index < -0.39 is 0 Å². The number of carbonyl (C=O) groups excluding carboxylic acids is 1. The quantitative estimate of drug-likeness (QED) is 0.466. The molecule has 4 rings (SSSR count). The van der Waals surface area contributed by atoms with Gasteiger partial charge in [-0.1, -0.05) is 48.0 Å². The van der Waals surface area contributed by atoms with E-state index >= 15 is 0 Å². The van der Waals surface area contributed by atoms with Gasteiger partial charge in [0.1, 0.15) is 12.0 Å².